The second-order valence-corrected chi connectivity index (χ2v) is 8.81. The van der Waals surface area contributed by atoms with Gasteiger partial charge in [-0.1, -0.05) is 18.6 Å². The first-order chi connectivity index (χ1) is 15.9. The maximum Gasteiger partial charge on any atom is 0.252 e. The van der Waals surface area contributed by atoms with Gasteiger partial charge in [0.05, 0.1) is 30.1 Å². The zero-order chi connectivity index (χ0) is 23.5. The highest BCUT2D eigenvalue weighted by Gasteiger charge is 2.27. The van der Waals surface area contributed by atoms with E-state index in [-0.39, 0.29) is 6.04 Å². The van der Waals surface area contributed by atoms with Gasteiger partial charge in [-0.3, -0.25) is 14.8 Å². The Kier molecular flexibility index (Phi) is 6.74. The molecule has 1 aromatic carbocycles. The second kappa shape index (κ2) is 9.70. The Bertz CT molecular complexity index is 1140. The van der Waals surface area contributed by atoms with Gasteiger partial charge in [0.1, 0.15) is 11.6 Å². The average Bonchev–Trinajstić information content (AvgIpc) is 3.11. The fourth-order valence-electron chi connectivity index (χ4n) is 4.69. The molecule has 4 rings (SSSR count). The van der Waals surface area contributed by atoms with E-state index in [0.29, 0.717) is 11.3 Å². The number of likely N-dealkylation sites (tertiary alicyclic amines) is 1. The maximum atomic E-state index is 11.6. The predicted molar refractivity (Wildman–Crippen MR) is 126 cm³/mol. The van der Waals surface area contributed by atoms with Gasteiger partial charge < -0.3 is 10.5 Å². The number of primary amides is 1. The van der Waals surface area contributed by atoms with Crippen molar-refractivity contribution in [2.24, 2.45) is 5.73 Å². The van der Waals surface area contributed by atoms with Gasteiger partial charge >= 0.3 is 0 Å². The quantitative estimate of drug-likeness (QED) is 0.572. The number of aromatic amines is 1. The van der Waals surface area contributed by atoms with Crippen molar-refractivity contribution >= 4 is 5.91 Å². The average molecular weight is 449 g/mol. The molecule has 1 atom stereocenters. The molecule has 1 aliphatic heterocycles. The maximum absolute atomic E-state index is 11.6. The first-order valence-electron chi connectivity index (χ1n) is 11.4. The number of aryl methyl sites for hydroxylation is 3. The summed E-state index contributed by atoms with van der Waals surface area (Å²) in [5.74, 6) is 1.15. The molecule has 1 saturated heterocycles. The number of carbonyl (C=O) groups excluding carboxylic acids is 1. The van der Waals surface area contributed by atoms with Crippen LogP contribution >= 0.6 is 0 Å². The van der Waals surface area contributed by atoms with E-state index >= 15 is 0 Å². The van der Waals surface area contributed by atoms with Crippen molar-refractivity contribution in [1.29, 1.82) is 0 Å². The second-order valence-electron chi connectivity index (χ2n) is 8.81. The Labute approximate surface area is 194 Å². The first kappa shape index (κ1) is 22.9. The van der Waals surface area contributed by atoms with E-state index in [1.165, 1.54) is 11.1 Å². The minimum Gasteiger partial charge on any atom is -0.496 e. The summed E-state index contributed by atoms with van der Waals surface area (Å²) in [4.78, 5) is 23.1. The summed E-state index contributed by atoms with van der Waals surface area (Å²) in [5.41, 5.74) is 12.1. The van der Waals surface area contributed by atoms with Crippen molar-refractivity contribution in [3.8, 4) is 5.75 Å². The van der Waals surface area contributed by atoms with Crippen molar-refractivity contribution in [3.63, 3.8) is 0 Å². The van der Waals surface area contributed by atoms with Gasteiger partial charge in [-0.15, -0.1) is 0 Å². The van der Waals surface area contributed by atoms with Crippen molar-refractivity contribution < 1.29 is 9.53 Å². The van der Waals surface area contributed by atoms with Crippen LogP contribution in [0.5, 0.6) is 5.75 Å². The third-order valence-corrected chi connectivity index (χ3v) is 6.55. The van der Waals surface area contributed by atoms with Gasteiger partial charge in [0.25, 0.3) is 5.91 Å². The van der Waals surface area contributed by atoms with E-state index in [2.05, 4.69) is 50.2 Å². The molecule has 1 amide bonds. The fourth-order valence-corrected chi connectivity index (χ4v) is 4.69. The topological polar surface area (TPSA) is 110 Å². The molecule has 0 bridgehead atoms. The summed E-state index contributed by atoms with van der Waals surface area (Å²) in [6.45, 7) is 7.67. The predicted octanol–water partition coefficient (Wildman–Crippen LogP) is 3.55. The molecule has 1 fully saturated rings. The number of nitrogens with two attached hydrogens (primary N) is 1. The van der Waals surface area contributed by atoms with Crippen molar-refractivity contribution in [3.05, 3.63) is 69.6 Å². The molecule has 3 N–H and O–H groups in total. The lowest BCUT2D eigenvalue weighted by atomic mass is 9.98. The van der Waals surface area contributed by atoms with Gasteiger partial charge in [-0.25, -0.2) is 9.97 Å². The molecular formula is C25H32N6O2. The number of nitrogens with one attached hydrogen (secondary N) is 1. The molecule has 3 aromatic rings. The highest BCUT2D eigenvalue weighted by Crippen LogP contribution is 2.32. The van der Waals surface area contributed by atoms with Crippen LogP contribution < -0.4 is 10.5 Å². The first-order valence-corrected chi connectivity index (χ1v) is 11.4. The fraction of sp³-hybridized carbons (Fsp3) is 0.440. The molecule has 0 radical (unpaired) electrons. The molecule has 8 nitrogen and oxygen atoms in total. The molecular weight excluding hydrogens is 416 g/mol. The summed E-state index contributed by atoms with van der Waals surface area (Å²) in [5, 5.41) is 7.41. The Hall–Kier alpha value is -3.26. The van der Waals surface area contributed by atoms with Crippen LogP contribution in [0.15, 0.2) is 24.4 Å². The van der Waals surface area contributed by atoms with E-state index < -0.39 is 5.91 Å². The highest BCUT2D eigenvalue weighted by molar-refractivity contribution is 5.93. The van der Waals surface area contributed by atoms with E-state index in [1.807, 2.05) is 13.8 Å². The third-order valence-electron chi connectivity index (χ3n) is 6.55. The van der Waals surface area contributed by atoms with E-state index in [1.54, 1.807) is 13.3 Å². The number of amides is 1. The summed E-state index contributed by atoms with van der Waals surface area (Å²) in [6.07, 6.45) is 5.60. The number of methoxy groups -OCH3 is 1. The number of aromatic nitrogens is 4. The molecule has 8 heteroatoms. The van der Waals surface area contributed by atoms with Crippen LogP contribution in [0.2, 0.25) is 0 Å². The Morgan fingerprint density at radius 3 is 2.73 bits per heavy atom. The minimum atomic E-state index is -0.492. The van der Waals surface area contributed by atoms with Gasteiger partial charge in [-0.2, -0.15) is 5.10 Å². The monoisotopic (exact) mass is 448 g/mol. The zero-order valence-corrected chi connectivity index (χ0v) is 19.8. The molecule has 2 aromatic heterocycles. The number of H-pyrrole nitrogens is 1. The molecule has 3 heterocycles. The summed E-state index contributed by atoms with van der Waals surface area (Å²) < 4.78 is 5.65. The summed E-state index contributed by atoms with van der Waals surface area (Å²) in [6, 6.07) is 6.53. The highest BCUT2D eigenvalue weighted by atomic mass is 16.5. The van der Waals surface area contributed by atoms with Crippen molar-refractivity contribution in [2.75, 3.05) is 13.7 Å². The number of ether oxygens (including phenoxy) is 1. The number of benzene rings is 1. The Morgan fingerprint density at radius 2 is 2.06 bits per heavy atom. The molecule has 1 aliphatic rings. The SMILES string of the molecule is COc1ccc(CN2CCCC[C@H]2c2ncc(C(N)=O)c(C)n2)cc1Cc1c(C)n[nH]c1C. The molecule has 0 unspecified atom stereocenters. The molecule has 0 saturated carbocycles. The molecule has 33 heavy (non-hydrogen) atoms. The van der Waals surface area contributed by atoms with E-state index in [4.69, 9.17) is 10.5 Å². The van der Waals surface area contributed by atoms with Crippen LogP contribution in [0.3, 0.4) is 0 Å². The molecule has 174 valence electrons. The summed E-state index contributed by atoms with van der Waals surface area (Å²) >= 11 is 0. The number of hydrogen-bond acceptors (Lipinski definition) is 6. The van der Waals surface area contributed by atoms with Crippen molar-refractivity contribution in [2.45, 2.75) is 59.0 Å². The number of carbonyl (C=O) groups is 1. The zero-order valence-electron chi connectivity index (χ0n) is 19.8. The van der Waals surface area contributed by atoms with Crippen molar-refractivity contribution in [1.82, 2.24) is 25.1 Å². The summed E-state index contributed by atoms with van der Waals surface area (Å²) in [7, 11) is 1.71. The Balaban J connectivity index is 1.59. The molecule has 0 spiro atoms. The van der Waals surface area contributed by atoms with Crippen LogP contribution in [0.1, 0.15) is 75.3 Å². The number of nitrogens with zero attached hydrogens (tertiary/aromatic N) is 4. The van der Waals surface area contributed by atoms with Crippen LogP contribution in [0.4, 0.5) is 0 Å². The number of rotatable bonds is 7. The number of piperidine rings is 1. The van der Waals surface area contributed by atoms with E-state index in [0.717, 1.165) is 67.3 Å². The standard InChI is InChI=1S/C25H32N6O2/c1-15-21(24(26)32)13-27-25(28-15)22-7-5-6-10-31(22)14-18-8-9-23(33-4)19(11-18)12-20-16(2)29-30-17(20)3/h8-9,11,13,22H,5-7,10,12,14H2,1-4H3,(H2,26,32)(H,29,30)/t22-/m0/s1. The van der Waals surface area contributed by atoms with Gasteiger partial charge in [0.15, 0.2) is 0 Å². The van der Waals surface area contributed by atoms with E-state index in [9.17, 15) is 4.79 Å². The number of hydrogen-bond donors (Lipinski definition) is 2. The van der Waals surface area contributed by atoms with Crippen LogP contribution in [0.25, 0.3) is 0 Å². The van der Waals surface area contributed by atoms with Gasteiger partial charge in [0, 0.05) is 30.4 Å². The Morgan fingerprint density at radius 1 is 1.24 bits per heavy atom. The smallest absolute Gasteiger partial charge is 0.252 e. The van der Waals surface area contributed by atoms with Crippen LogP contribution in [-0.4, -0.2) is 44.6 Å². The third kappa shape index (κ3) is 4.90. The van der Waals surface area contributed by atoms with Gasteiger partial charge in [-0.05, 0) is 57.4 Å². The lowest BCUT2D eigenvalue weighted by molar-refractivity contribution is 0.0998. The molecule has 0 aliphatic carbocycles. The largest absolute Gasteiger partial charge is 0.496 e. The minimum absolute atomic E-state index is 0.114. The van der Waals surface area contributed by atoms with Gasteiger partial charge in [0.2, 0.25) is 0 Å². The normalized spacial score (nSPS) is 16.7. The van der Waals surface area contributed by atoms with Crippen LogP contribution in [0, 0.1) is 20.8 Å². The van der Waals surface area contributed by atoms with Crippen LogP contribution in [-0.2, 0) is 13.0 Å². The lowest BCUT2D eigenvalue weighted by Gasteiger charge is -2.35. The lowest BCUT2D eigenvalue weighted by Crippen LogP contribution is -2.34.